The number of aromatic nitrogens is 2. The Morgan fingerprint density at radius 1 is 1.53 bits per heavy atom. The molecular formula is C12H12ClN3O3. The topological polar surface area (TPSA) is 88.2 Å². The number of rotatable bonds is 4. The molecule has 1 aromatic heterocycles. The number of carbonyl (C=O) groups is 1. The molecule has 0 unspecified atom stereocenters. The van der Waals surface area contributed by atoms with E-state index in [1.165, 1.54) is 12.1 Å². The molecule has 7 heteroatoms. The van der Waals surface area contributed by atoms with Gasteiger partial charge in [-0.1, -0.05) is 22.8 Å². The van der Waals surface area contributed by atoms with Crippen LogP contribution in [0.25, 0.3) is 0 Å². The Balaban J connectivity index is 2.09. The van der Waals surface area contributed by atoms with E-state index >= 15 is 0 Å². The van der Waals surface area contributed by atoms with Crippen LogP contribution in [0.15, 0.2) is 22.7 Å². The van der Waals surface area contributed by atoms with Gasteiger partial charge in [0.1, 0.15) is 5.75 Å². The van der Waals surface area contributed by atoms with Crippen LogP contribution >= 0.6 is 11.6 Å². The lowest BCUT2D eigenvalue weighted by Gasteiger charge is -2.00. The van der Waals surface area contributed by atoms with Crippen molar-refractivity contribution in [1.82, 2.24) is 15.5 Å². The second kappa shape index (κ2) is 5.71. The van der Waals surface area contributed by atoms with Gasteiger partial charge in [-0.05, 0) is 17.7 Å². The molecule has 100 valence electrons. The van der Waals surface area contributed by atoms with Gasteiger partial charge in [-0.25, -0.2) is 0 Å². The van der Waals surface area contributed by atoms with Crippen LogP contribution in [0.4, 0.5) is 0 Å². The predicted molar refractivity (Wildman–Crippen MR) is 68.0 cm³/mol. The van der Waals surface area contributed by atoms with Gasteiger partial charge in [0.05, 0.1) is 12.8 Å². The van der Waals surface area contributed by atoms with Crippen molar-refractivity contribution in [1.29, 1.82) is 0 Å². The van der Waals surface area contributed by atoms with Crippen molar-refractivity contribution in [2.75, 3.05) is 7.05 Å². The Kier molecular flexibility index (Phi) is 4.01. The first kappa shape index (κ1) is 13.4. The molecule has 0 aliphatic rings. The second-order valence-electron chi connectivity index (χ2n) is 3.91. The molecule has 0 saturated carbocycles. The summed E-state index contributed by atoms with van der Waals surface area (Å²) in [6, 6.07) is 4.65. The number of benzene rings is 1. The van der Waals surface area contributed by atoms with Gasteiger partial charge in [0.2, 0.25) is 11.8 Å². The number of nitrogens with zero attached hydrogens (tertiary/aromatic N) is 2. The Bertz CT molecular complexity index is 598. The maximum atomic E-state index is 11.2. The maximum absolute atomic E-state index is 11.2. The van der Waals surface area contributed by atoms with Crippen molar-refractivity contribution < 1.29 is 14.4 Å². The zero-order valence-electron chi connectivity index (χ0n) is 10.2. The SMILES string of the molecule is CNC(=O)Cc1noc(Cc2ccc(O)cc2Cl)n1. The first-order valence-corrected chi connectivity index (χ1v) is 5.95. The average molecular weight is 282 g/mol. The van der Waals surface area contributed by atoms with Crippen LogP contribution in [-0.4, -0.2) is 28.2 Å². The van der Waals surface area contributed by atoms with E-state index in [1.807, 2.05) is 0 Å². The fourth-order valence-corrected chi connectivity index (χ4v) is 1.75. The zero-order chi connectivity index (χ0) is 13.8. The molecule has 0 radical (unpaired) electrons. The molecule has 19 heavy (non-hydrogen) atoms. The van der Waals surface area contributed by atoms with Crippen LogP contribution < -0.4 is 5.32 Å². The first-order chi connectivity index (χ1) is 9.08. The Labute approximate surface area is 114 Å². The molecule has 1 amide bonds. The predicted octanol–water partition coefficient (Wildman–Crippen LogP) is 1.31. The smallest absolute Gasteiger partial charge is 0.231 e. The molecule has 6 nitrogen and oxygen atoms in total. The highest BCUT2D eigenvalue weighted by Gasteiger charge is 2.12. The molecule has 1 heterocycles. The van der Waals surface area contributed by atoms with E-state index in [9.17, 15) is 9.90 Å². The number of carbonyl (C=O) groups excluding carboxylic acids is 1. The molecule has 0 atom stereocenters. The van der Waals surface area contributed by atoms with Gasteiger partial charge >= 0.3 is 0 Å². The summed E-state index contributed by atoms with van der Waals surface area (Å²) in [4.78, 5) is 15.3. The summed E-state index contributed by atoms with van der Waals surface area (Å²) >= 11 is 5.98. The van der Waals surface area contributed by atoms with Gasteiger partial charge in [-0.3, -0.25) is 4.79 Å². The maximum Gasteiger partial charge on any atom is 0.231 e. The molecule has 2 N–H and O–H groups in total. The molecule has 0 aliphatic carbocycles. The van der Waals surface area contributed by atoms with E-state index in [0.717, 1.165) is 5.56 Å². The summed E-state index contributed by atoms with van der Waals surface area (Å²) in [5, 5.41) is 15.9. The second-order valence-corrected chi connectivity index (χ2v) is 4.31. The Morgan fingerprint density at radius 2 is 2.32 bits per heavy atom. The molecule has 0 aliphatic heterocycles. The van der Waals surface area contributed by atoms with Crippen molar-refractivity contribution in [3.05, 3.63) is 40.5 Å². The third-order valence-electron chi connectivity index (χ3n) is 2.49. The number of aromatic hydroxyl groups is 1. The van der Waals surface area contributed by atoms with Crippen molar-refractivity contribution in [2.24, 2.45) is 0 Å². The number of nitrogens with one attached hydrogen (secondary N) is 1. The molecule has 0 fully saturated rings. The van der Waals surface area contributed by atoms with Crippen molar-refractivity contribution in [3.8, 4) is 5.75 Å². The lowest BCUT2D eigenvalue weighted by atomic mass is 10.1. The number of halogens is 1. The van der Waals surface area contributed by atoms with Gasteiger partial charge < -0.3 is 14.9 Å². The highest BCUT2D eigenvalue weighted by atomic mass is 35.5. The van der Waals surface area contributed by atoms with Crippen molar-refractivity contribution >= 4 is 17.5 Å². The zero-order valence-corrected chi connectivity index (χ0v) is 10.9. The summed E-state index contributed by atoms with van der Waals surface area (Å²) in [7, 11) is 1.54. The number of hydrogen-bond acceptors (Lipinski definition) is 5. The fraction of sp³-hybridized carbons (Fsp3) is 0.250. The van der Waals surface area contributed by atoms with E-state index < -0.39 is 0 Å². The largest absolute Gasteiger partial charge is 0.508 e. The number of phenols is 1. The summed E-state index contributed by atoms with van der Waals surface area (Å²) in [6.07, 6.45) is 0.420. The van der Waals surface area contributed by atoms with Gasteiger partial charge in [-0.15, -0.1) is 0 Å². The third kappa shape index (κ3) is 3.45. The Hall–Kier alpha value is -2.08. The van der Waals surface area contributed by atoms with Gasteiger partial charge in [0, 0.05) is 12.1 Å². The molecule has 0 saturated heterocycles. The molecule has 2 aromatic rings. The van der Waals surface area contributed by atoms with Crippen LogP contribution in [0.2, 0.25) is 5.02 Å². The molecule has 2 rings (SSSR count). The number of hydrogen-bond donors (Lipinski definition) is 2. The van der Waals surface area contributed by atoms with Crippen molar-refractivity contribution in [3.63, 3.8) is 0 Å². The monoisotopic (exact) mass is 281 g/mol. The van der Waals surface area contributed by atoms with E-state index in [4.69, 9.17) is 16.1 Å². The summed E-state index contributed by atoms with van der Waals surface area (Å²) in [5.74, 6) is 0.602. The minimum absolute atomic E-state index is 0.0727. The number of likely N-dealkylation sites (N-methyl/N-ethyl adjacent to an activating group) is 1. The summed E-state index contributed by atoms with van der Waals surface area (Å²) in [6.45, 7) is 0. The fourth-order valence-electron chi connectivity index (χ4n) is 1.51. The van der Waals surface area contributed by atoms with E-state index in [2.05, 4.69) is 15.5 Å². The molecule has 0 bridgehead atoms. The van der Waals surface area contributed by atoms with Crippen LogP contribution in [0.5, 0.6) is 5.75 Å². The Morgan fingerprint density at radius 3 is 3.00 bits per heavy atom. The third-order valence-corrected chi connectivity index (χ3v) is 2.84. The van der Waals surface area contributed by atoms with Crippen LogP contribution in [-0.2, 0) is 17.6 Å². The van der Waals surface area contributed by atoms with Crippen LogP contribution in [0.1, 0.15) is 17.3 Å². The normalized spacial score (nSPS) is 10.4. The lowest BCUT2D eigenvalue weighted by Crippen LogP contribution is -2.20. The first-order valence-electron chi connectivity index (χ1n) is 5.58. The van der Waals surface area contributed by atoms with Gasteiger partial charge in [0.15, 0.2) is 5.82 Å². The lowest BCUT2D eigenvalue weighted by molar-refractivity contribution is -0.120. The highest BCUT2D eigenvalue weighted by Crippen LogP contribution is 2.23. The van der Waals surface area contributed by atoms with E-state index in [-0.39, 0.29) is 18.1 Å². The van der Waals surface area contributed by atoms with E-state index in [1.54, 1.807) is 13.1 Å². The number of phenolic OH excluding ortho intramolecular Hbond substituents is 1. The van der Waals surface area contributed by atoms with Crippen LogP contribution in [0, 0.1) is 0 Å². The minimum atomic E-state index is -0.185. The minimum Gasteiger partial charge on any atom is -0.508 e. The summed E-state index contributed by atoms with van der Waals surface area (Å²) in [5.41, 5.74) is 0.759. The van der Waals surface area contributed by atoms with Crippen molar-refractivity contribution in [2.45, 2.75) is 12.8 Å². The van der Waals surface area contributed by atoms with Gasteiger partial charge in [-0.2, -0.15) is 4.98 Å². The summed E-state index contributed by atoms with van der Waals surface area (Å²) < 4.78 is 5.04. The number of amides is 1. The highest BCUT2D eigenvalue weighted by molar-refractivity contribution is 6.31. The standard InChI is InChI=1S/C12H12ClN3O3/c1-14-11(18)6-10-15-12(19-16-10)4-7-2-3-8(17)5-9(7)13/h2-3,5,17H,4,6H2,1H3,(H,14,18). The van der Waals surface area contributed by atoms with Crippen LogP contribution in [0.3, 0.4) is 0 Å². The van der Waals surface area contributed by atoms with E-state index in [0.29, 0.717) is 23.2 Å². The average Bonchev–Trinajstić information content (AvgIpc) is 2.80. The quantitative estimate of drug-likeness (QED) is 0.882. The molecule has 0 spiro atoms. The molecule has 1 aromatic carbocycles. The molecular weight excluding hydrogens is 270 g/mol. The van der Waals surface area contributed by atoms with Gasteiger partial charge in [0.25, 0.3) is 0 Å².